The van der Waals surface area contributed by atoms with Crippen LogP contribution in [0, 0.1) is 5.92 Å². The van der Waals surface area contributed by atoms with Crippen molar-refractivity contribution in [3.8, 4) is 0 Å². The van der Waals surface area contributed by atoms with Gasteiger partial charge in [0.05, 0.1) is 6.26 Å². The Morgan fingerprint density at radius 2 is 1.88 bits per heavy atom. The minimum atomic E-state index is -3.12. The monoisotopic (exact) mass is 492 g/mol. The predicted octanol–water partition coefficient (Wildman–Crippen LogP) is 1.63. The Balaban J connectivity index is 0. The lowest BCUT2D eigenvalue weighted by Crippen LogP contribution is -2.39. The molecule has 0 aromatic carbocycles. The van der Waals surface area contributed by atoms with E-state index in [4.69, 9.17) is 5.11 Å². The number of aliphatic hydroxyl groups excluding tert-OH is 1. The van der Waals surface area contributed by atoms with Gasteiger partial charge in [0.2, 0.25) is 10.0 Å². The number of aliphatic hydroxyl groups is 1. The molecule has 0 saturated heterocycles. The van der Waals surface area contributed by atoms with E-state index >= 15 is 0 Å². The maximum absolute atomic E-state index is 11.5. The summed E-state index contributed by atoms with van der Waals surface area (Å²) in [6.07, 6.45) is 4.88. The summed E-state index contributed by atoms with van der Waals surface area (Å²) in [5, 5.41) is 15.6. The molecule has 0 bridgehead atoms. The molecule has 152 valence electrons. The second kappa shape index (κ2) is 16.1. The summed E-state index contributed by atoms with van der Waals surface area (Å²) in [6.45, 7) is 9.31. The lowest BCUT2D eigenvalue weighted by Gasteiger charge is -2.18. The number of sulfonamides is 1. The predicted molar refractivity (Wildman–Crippen MR) is 116 cm³/mol. The third-order valence-electron chi connectivity index (χ3n) is 3.78. The van der Waals surface area contributed by atoms with E-state index in [1.807, 2.05) is 13.8 Å². The highest BCUT2D eigenvalue weighted by atomic mass is 127. The van der Waals surface area contributed by atoms with E-state index in [1.54, 1.807) is 0 Å². The van der Waals surface area contributed by atoms with E-state index in [0.29, 0.717) is 32.1 Å². The molecular formula is C16H37IN4O3S. The van der Waals surface area contributed by atoms with Crippen molar-refractivity contribution in [2.75, 3.05) is 45.6 Å². The first-order chi connectivity index (χ1) is 11.4. The number of nitrogens with zero attached hydrogens (tertiary/aromatic N) is 2. The van der Waals surface area contributed by atoms with E-state index < -0.39 is 10.0 Å². The summed E-state index contributed by atoms with van der Waals surface area (Å²) in [4.78, 5) is 4.59. The summed E-state index contributed by atoms with van der Waals surface area (Å²) in [5.74, 6) is 1.15. The Labute approximate surface area is 171 Å². The number of guanidine groups is 1. The fourth-order valence-electron chi connectivity index (χ4n) is 2.50. The topological polar surface area (TPSA) is 94.0 Å². The number of nitrogens with one attached hydrogen (secondary N) is 2. The van der Waals surface area contributed by atoms with E-state index in [9.17, 15) is 8.42 Å². The van der Waals surface area contributed by atoms with E-state index in [-0.39, 0.29) is 30.6 Å². The number of rotatable bonds is 13. The first kappa shape index (κ1) is 27.1. The van der Waals surface area contributed by atoms with Crippen LogP contribution < -0.4 is 10.6 Å². The van der Waals surface area contributed by atoms with Gasteiger partial charge in [-0.2, -0.15) is 0 Å². The minimum absolute atomic E-state index is 0. The number of aliphatic imine (C=N–C) groups is 1. The first-order valence-corrected chi connectivity index (χ1v) is 10.8. The maximum atomic E-state index is 11.5. The van der Waals surface area contributed by atoms with Gasteiger partial charge in [-0.15, -0.1) is 24.0 Å². The molecule has 0 fully saturated rings. The molecule has 0 heterocycles. The van der Waals surface area contributed by atoms with E-state index in [2.05, 4.69) is 22.5 Å². The van der Waals surface area contributed by atoms with E-state index in [0.717, 1.165) is 38.2 Å². The van der Waals surface area contributed by atoms with Crippen molar-refractivity contribution in [2.24, 2.45) is 10.9 Å². The largest absolute Gasteiger partial charge is 0.396 e. The molecule has 0 amide bonds. The molecule has 0 radical (unpaired) electrons. The van der Waals surface area contributed by atoms with Gasteiger partial charge in [-0.25, -0.2) is 12.7 Å². The van der Waals surface area contributed by atoms with Crippen molar-refractivity contribution >= 4 is 40.0 Å². The smallest absolute Gasteiger partial charge is 0.211 e. The van der Waals surface area contributed by atoms with Crippen molar-refractivity contribution in [1.29, 1.82) is 0 Å². The van der Waals surface area contributed by atoms with Crippen LogP contribution >= 0.6 is 24.0 Å². The lowest BCUT2D eigenvalue weighted by molar-refractivity contribution is 0.253. The van der Waals surface area contributed by atoms with Crippen LogP contribution in [-0.4, -0.2) is 69.4 Å². The molecule has 1 atom stereocenters. The fourth-order valence-corrected chi connectivity index (χ4v) is 3.43. The van der Waals surface area contributed by atoms with Gasteiger partial charge >= 0.3 is 0 Å². The molecule has 0 aromatic heterocycles. The molecule has 0 aliphatic rings. The van der Waals surface area contributed by atoms with Gasteiger partial charge in [-0.05, 0) is 32.1 Å². The molecule has 7 nitrogen and oxygen atoms in total. The Bertz CT molecular complexity index is 441. The molecule has 0 aromatic rings. The molecule has 0 saturated carbocycles. The molecule has 1 unspecified atom stereocenters. The minimum Gasteiger partial charge on any atom is -0.396 e. The van der Waals surface area contributed by atoms with Crippen molar-refractivity contribution in [3.05, 3.63) is 0 Å². The number of halogens is 1. The summed E-state index contributed by atoms with van der Waals surface area (Å²) < 4.78 is 24.6. The van der Waals surface area contributed by atoms with Gasteiger partial charge in [0, 0.05) is 39.3 Å². The molecule has 9 heteroatoms. The highest BCUT2D eigenvalue weighted by Gasteiger charge is 2.13. The normalized spacial score (nSPS) is 13.4. The maximum Gasteiger partial charge on any atom is 0.211 e. The number of hydrogen-bond donors (Lipinski definition) is 3. The van der Waals surface area contributed by atoms with Crippen LogP contribution in [0.4, 0.5) is 0 Å². The summed E-state index contributed by atoms with van der Waals surface area (Å²) >= 11 is 0. The average Bonchev–Trinajstić information content (AvgIpc) is 2.51. The Morgan fingerprint density at radius 1 is 1.20 bits per heavy atom. The van der Waals surface area contributed by atoms with Crippen LogP contribution in [-0.2, 0) is 10.0 Å². The lowest BCUT2D eigenvalue weighted by atomic mass is 10.0. The third kappa shape index (κ3) is 13.7. The summed E-state index contributed by atoms with van der Waals surface area (Å²) in [5.41, 5.74) is 0. The van der Waals surface area contributed by atoms with Crippen molar-refractivity contribution in [3.63, 3.8) is 0 Å². The first-order valence-electron chi connectivity index (χ1n) is 8.97. The fraction of sp³-hybridized carbons (Fsp3) is 0.938. The number of hydrogen-bond acceptors (Lipinski definition) is 4. The molecule has 0 spiro atoms. The van der Waals surface area contributed by atoms with E-state index in [1.165, 1.54) is 10.6 Å². The molecule has 0 aliphatic carbocycles. The third-order valence-corrected chi connectivity index (χ3v) is 5.16. The zero-order chi connectivity index (χ0) is 18.4. The van der Waals surface area contributed by atoms with Gasteiger partial charge in [0.1, 0.15) is 0 Å². The Morgan fingerprint density at radius 3 is 2.36 bits per heavy atom. The van der Waals surface area contributed by atoms with Gasteiger partial charge in [0.25, 0.3) is 0 Å². The Hall–Kier alpha value is -0.130. The van der Waals surface area contributed by atoms with Crippen LogP contribution in [0.1, 0.15) is 46.5 Å². The van der Waals surface area contributed by atoms with Crippen molar-refractivity contribution < 1.29 is 13.5 Å². The van der Waals surface area contributed by atoms with Crippen LogP contribution in [0.15, 0.2) is 4.99 Å². The van der Waals surface area contributed by atoms with Gasteiger partial charge in [-0.3, -0.25) is 4.99 Å². The highest BCUT2D eigenvalue weighted by molar-refractivity contribution is 14.0. The molecule has 0 rings (SSSR count). The summed E-state index contributed by atoms with van der Waals surface area (Å²) in [6, 6.07) is 0. The zero-order valence-corrected chi connectivity index (χ0v) is 19.3. The van der Waals surface area contributed by atoms with Crippen LogP contribution in [0.3, 0.4) is 0 Å². The van der Waals surface area contributed by atoms with Gasteiger partial charge < -0.3 is 15.7 Å². The van der Waals surface area contributed by atoms with Crippen molar-refractivity contribution in [2.45, 2.75) is 46.5 Å². The molecule has 0 aliphatic heterocycles. The van der Waals surface area contributed by atoms with Gasteiger partial charge in [0.15, 0.2) is 5.96 Å². The molecule has 3 N–H and O–H groups in total. The van der Waals surface area contributed by atoms with Crippen LogP contribution in [0.2, 0.25) is 0 Å². The standard InChI is InChI=1S/C16H36N4O3S.HI/c1-5-9-15(10-13-21)14-19-16(17-6-2)18-11-8-12-20(7-3)24(4,22)23;/h15,21H,5-14H2,1-4H3,(H2,17,18,19);1H. The van der Waals surface area contributed by atoms with Crippen LogP contribution in [0.5, 0.6) is 0 Å². The zero-order valence-electron chi connectivity index (χ0n) is 16.1. The highest BCUT2D eigenvalue weighted by Crippen LogP contribution is 2.10. The second-order valence-electron chi connectivity index (χ2n) is 5.92. The van der Waals surface area contributed by atoms with Crippen LogP contribution in [0.25, 0.3) is 0 Å². The quantitative estimate of drug-likeness (QED) is 0.157. The molecule has 25 heavy (non-hydrogen) atoms. The molecular weight excluding hydrogens is 455 g/mol. The average molecular weight is 492 g/mol. The SMILES string of the molecule is CCCC(CCO)CN=C(NCC)NCCCN(CC)S(C)(=O)=O.I. The van der Waals surface area contributed by atoms with Gasteiger partial charge in [-0.1, -0.05) is 20.3 Å². The Kier molecular flexibility index (Phi) is 17.4. The second-order valence-corrected chi connectivity index (χ2v) is 7.90. The summed E-state index contributed by atoms with van der Waals surface area (Å²) in [7, 11) is -3.12. The van der Waals surface area contributed by atoms with Crippen molar-refractivity contribution in [1.82, 2.24) is 14.9 Å².